The van der Waals surface area contributed by atoms with Crippen molar-refractivity contribution < 1.29 is 4.79 Å². The third-order valence-corrected chi connectivity index (χ3v) is 3.38. The standard InChI is InChI=1S/C16H13BrO/c1-12-6-8-14(9-7-12)16(18)11-10-13-4-2-3-5-15(13)17/h2-11H,1H3/b11-10+. The van der Waals surface area contributed by atoms with Gasteiger partial charge in [-0.15, -0.1) is 0 Å². The summed E-state index contributed by atoms with van der Waals surface area (Å²) in [5.74, 6) is 0.0192. The summed E-state index contributed by atoms with van der Waals surface area (Å²) in [7, 11) is 0. The van der Waals surface area contributed by atoms with Crippen molar-refractivity contribution in [1.82, 2.24) is 0 Å². The molecule has 0 aliphatic carbocycles. The van der Waals surface area contributed by atoms with E-state index in [2.05, 4.69) is 15.9 Å². The summed E-state index contributed by atoms with van der Waals surface area (Å²) in [5.41, 5.74) is 2.86. The fourth-order valence-electron chi connectivity index (χ4n) is 1.59. The van der Waals surface area contributed by atoms with Crippen molar-refractivity contribution in [2.45, 2.75) is 6.92 Å². The Kier molecular flexibility index (Phi) is 4.11. The number of hydrogen-bond acceptors (Lipinski definition) is 1. The predicted molar refractivity (Wildman–Crippen MR) is 78.7 cm³/mol. The number of rotatable bonds is 3. The van der Waals surface area contributed by atoms with Crippen LogP contribution in [0.3, 0.4) is 0 Å². The van der Waals surface area contributed by atoms with Gasteiger partial charge in [-0.1, -0.05) is 64.0 Å². The zero-order valence-corrected chi connectivity index (χ0v) is 11.6. The molecular formula is C16H13BrO. The van der Waals surface area contributed by atoms with E-state index in [0.717, 1.165) is 15.6 Å². The highest BCUT2D eigenvalue weighted by molar-refractivity contribution is 9.10. The first-order valence-corrected chi connectivity index (χ1v) is 6.50. The average molecular weight is 301 g/mol. The molecule has 18 heavy (non-hydrogen) atoms. The summed E-state index contributed by atoms with van der Waals surface area (Å²) in [6.45, 7) is 2.01. The fourth-order valence-corrected chi connectivity index (χ4v) is 2.01. The molecule has 2 aromatic rings. The van der Waals surface area contributed by atoms with Crippen LogP contribution in [-0.2, 0) is 0 Å². The summed E-state index contributed by atoms with van der Waals surface area (Å²) >= 11 is 3.45. The normalized spacial score (nSPS) is 10.8. The van der Waals surface area contributed by atoms with Gasteiger partial charge in [-0.3, -0.25) is 4.79 Å². The monoisotopic (exact) mass is 300 g/mol. The van der Waals surface area contributed by atoms with Gasteiger partial charge in [-0.25, -0.2) is 0 Å². The van der Waals surface area contributed by atoms with Gasteiger partial charge in [0.1, 0.15) is 0 Å². The molecule has 0 aromatic heterocycles. The third-order valence-electron chi connectivity index (χ3n) is 2.66. The van der Waals surface area contributed by atoms with Crippen molar-refractivity contribution in [3.63, 3.8) is 0 Å². The quantitative estimate of drug-likeness (QED) is 0.595. The van der Waals surface area contributed by atoms with E-state index in [1.54, 1.807) is 6.08 Å². The smallest absolute Gasteiger partial charge is 0.185 e. The van der Waals surface area contributed by atoms with Crippen LogP contribution in [0, 0.1) is 6.92 Å². The molecular weight excluding hydrogens is 288 g/mol. The van der Waals surface area contributed by atoms with Gasteiger partial charge in [0, 0.05) is 10.0 Å². The summed E-state index contributed by atoms with van der Waals surface area (Å²) in [6.07, 6.45) is 3.43. The Labute approximate surface area is 115 Å². The minimum absolute atomic E-state index is 0.0192. The molecule has 0 aliphatic heterocycles. The number of benzene rings is 2. The lowest BCUT2D eigenvalue weighted by atomic mass is 10.1. The molecule has 0 saturated carbocycles. The minimum atomic E-state index is 0.0192. The van der Waals surface area contributed by atoms with Gasteiger partial charge in [-0.05, 0) is 30.7 Å². The van der Waals surface area contributed by atoms with Crippen molar-refractivity contribution >= 4 is 27.8 Å². The second-order valence-electron chi connectivity index (χ2n) is 4.09. The maximum atomic E-state index is 11.9. The Balaban J connectivity index is 2.17. The van der Waals surface area contributed by atoms with E-state index in [9.17, 15) is 4.79 Å². The highest BCUT2D eigenvalue weighted by Gasteiger charge is 2.01. The lowest BCUT2D eigenvalue weighted by Crippen LogP contribution is -1.93. The van der Waals surface area contributed by atoms with E-state index in [-0.39, 0.29) is 5.78 Å². The topological polar surface area (TPSA) is 17.1 Å². The molecule has 0 unspecified atom stereocenters. The van der Waals surface area contributed by atoms with E-state index in [1.807, 2.05) is 61.5 Å². The molecule has 2 rings (SSSR count). The molecule has 1 nitrogen and oxygen atoms in total. The van der Waals surface area contributed by atoms with Crippen molar-refractivity contribution in [3.05, 3.63) is 75.8 Å². The number of aryl methyl sites for hydroxylation is 1. The number of ketones is 1. The lowest BCUT2D eigenvalue weighted by Gasteiger charge is -1.98. The second kappa shape index (κ2) is 5.78. The maximum Gasteiger partial charge on any atom is 0.185 e. The van der Waals surface area contributed by atoms with E-state index in [1.165, 1.54) is 0 Å². The summed E-state index contributed by atoms with van der Waals surface area (Å²) in [4.78, 5) is 11.9. The maximum absolute atomic E-state index is 11.9. The Bertz CT molecular complexity index is 582. The molecule has 0 aliphatic rings. The van der Waals surface area contributed by atoms with Crippen LogP contribution in [0.4, 0.5) is 0 Å². The van der Waals surface area contributed by atoms with Crippen LogP contribution < -0.4 is 0 Å². The van der Waals surface area contributed by atoms with Gasteiger partial charge < -0.3 is 0 Å². The van der Waals surface area contributed by atoms with Crippen LogP contribution in [0.2, 0.25) is 0 Å². The van der Waals surface area contributed by atoms with Crippen LogP contribution in [0.15, 0.2) is 59.1 Å². The largest absolute Gasteiger partial charge is 0.289 e. The van der Waals surface area contributed by atoms with Crippen LogP contribution >= 0.6 is 15.9 Å². The van der Waals surface area contributed by atoms with E-state index in [0.29, 0.717) is 5.56 Å². The number of carbonyl (C=O) groups excluding carboxylic acids is 1. The van der Waals surface area contributed by atoms with Gasteiger partial charge >= 0.3 is 0 Å². The molecule has 0 heterocycles. The highest BCUT2D eigenvalue weighted by Crippen LogP contribution is 2.17. The minimum Gasteiger partial charge on any atom is -0.289 e. The average Bonchev–Trinajstić information content (AvgIpc) is 2.38. The van der Waals surface area contributed by atoms with E-state index < -0.39 is 0 Å². The first-order valence-electron chi connectivity index (χ1n) is 5.70. The first kappa shape index (κ1) is 12.8. The Morgan fingerprint density at radius 2 is 1.72 bits per heavy atom. The van der Waals surface area contributed by atoms with Crippen molar-refractivity contribution in [2.75, 3.05) is 0 Å². The summed E-state index contributed by atoms with van der Waals surface area (Å²) in [6, 6.07) is 15.4. The lowest BCUT2D eigenvalue weighted by molar-refractivity contribution is 0.104. The van der Waals surface area contributed by atoms with Gasteiger partial charge in [-0.2, -0.15) is 0 Å². The molecule has 90 valence electrons. The zero-order chi connectivity index (χ0) is 13.0. The zero-order valence-electron chi connectivity index (χ0n) is 10.1. The number of hydrogen-bond donors (Lipinski definition) is 0. The Hall–Kier alpha value is -1.67. The molecule has 0 amide bonds. The van der Waals surface area contributed by atoms with Gasteiger partial charge in [0.05, 0.1) is 0 Å². The molecule has 0 atom stereocenters. The number of halogens is 1. The molecule has 0 bridgehead atoms. The Morgan fingerprint density at radius 1 is 1.06 bits per heavy atom. The second-order valence-corrected chi connectivity index (χ2v) is 4.94. The van der Waals surface area contributed by atoms with Crippen LogP contribution in [-0.4, -0.2) is 5.78 Å². The van der Waals surface area contributed by atoms with Crippen LogP contribution in [0.1, 0.15) is 21.5 Å². The van der Waals surface area contributed by atoms with Crippen molar-refractivity contribution in [2.24, 2.45) is 0 Å². The predicted octanol–water partition coefficient (Wildman–Crippen LogP) is 4.65. The summed E-state index contributed by atoms with van der Waals surface area (Å²) < 4.78 is 0.984. The molecule has 0 fully saturated rings. The fraction of sp³-hybridized carbons (Fsp3) is 0.0625. The van der Waals surface area contributed by atoms with Crippen LogP contribution in [0.5, 0.6) is 0 Å². The van der Waals surface area contributed by atoms with Crippen molar-refractivity contribution in [3.8, 4) is 0 Å². The van der Waals surface area contributed by atoms with E-state index in [4.69, 9.17) is 0 Å². The Morgan fingerprint density at radius 3 is 2.39 bits per heavy atom. The third kappa shape index (κ3) is 3.17. The molecule has 2 heteroatoms. The summed E-state index contributed by atoms with van der Waals surface area (Å²) in [5, 5.41) is 0. The van der Waals surface area contributed by atoms with E-state index >= 15 is 0 Å². The molecule has 2 aromatic carbocycles. The van der Waals surface area contributed by atoms with Gasteiger partial charge in [0.25, 0.3) is 0 Å². The molecule has 0 radical (unpaired) electrons. The SMILES string of the molecule is Cc1ccc(C(=O)/C=C/c2ccccc2Br)cc1. The first-order chi connectivity index (χ1) is 8.66. The van der Waals surface area contributed by atoms with Crippen molar-refractivity contribution in [1.29, 1.82) is 0 Å². The molecule has 0 spiro atoms. The van der Waals surface area contributed by atoms with Gasteiger partial charge in [0.2, 0.25) is 0 Å². The number of allylic oxidation sites excluding steroid dienone is 1. The highest BCUT2D eigenvalue weighted by atomic mass is 79.9. The number of carbonyl (C=O) groups is 1. The molecule has 0 N–H and O–H groups in total. The molecule has 0 saturated heterocycles. The van der Waals surface area contributed by atoms with Crippen LogP contribution in [0.25, 0.3) is 6.08 Å². The van der Waals surface area contributed by atoms with Gasteiger partial charge in [0.15, 0.2) is 5.78 Å².